The van der Waals surface area contributed by atoms with E-state index < -0.39 is 0 Å². The molecule has 1 aliphatic heterocycles. The molecule has 2 unspecified atom stereocenters. The monoisotopic (exact) mass is 300 g/mol. The molecule has 2 atom stereocenters. The highest BCUT2D eigenvalue weighted by Gasteiger charge is 2.20. The van der Waals surface area contributed by atoms with Gasteiger partial charge in [0.15, 0.2) is 5.17 Å². The zero-order valence-corrected chi connectivity index (χ0v) is 13.0. The predicted molar refractivity (Wildman–Crippen MR) is 88.8 cm³/mol. The van der Waals surface area contributed by atoms with Gasteiger partial charge < -0.3 is 9.73 Å². The molecule has 0 saturated heterocycles. The van der Waals surface area contributed by atoms with Gasteiger partial charge in [0, 0.05) is 18.2 Å². The molecule has 21 heavy (non-hydrogen) atoms. The fourth-order valence-electron chi connectivity index (χ4n) is 2.48. The summed E-state index contributed by atoms with van der Waals surface area (Å²) in [5.74, 6) is 2.07. The lowest BCUT2D eigenvalue weighted by Gasteiger charge is -2.12. The average molecular weight is 300 g/mol. The van der Waals surface area contributed by atoms with E-state index in [9.17, 15) is 0 Å². The Morgan fingerprint density at radius 3 is 2.90 bits per heavy atom. The van der Waals surface area contributed by atoms with Gasteiger partial charge in [-0.2, -0.15) is 0 Å². The number of benzene rings is 1. The van der Waals surface area contributed by atoms with Crippen LogP contribution in [0.3, 0.4) is 0 Å². The van der Waals surface area contributed by atoms with Crippen LogP contribution >= 0.6 is 11.8 Å². The topological polar surface area (TPSA) is 37.5 Å². The first-order chi connectivity index (χ1) is 10.3. The molecule has 1 aromatic heterocycles. The Kier molecular flexibility index (Phi) is 4.65. The molecule has 110 valence electrons. The van der Waals surface area contributed by atoms with Crippen molar-refractivity contribution < 1.29 is 4.42 Å². The highest BCUT2D eigenvalue weighted by molar-refractivity contribution is 8.14. The number of amidine groups is 1. The van der Waals surface area contributed by atoms with Crippen molar-refractivity contribution in [2.24, 2.45) is 4.99 Å². The zero-order valence-electron chi connectivity index (χ0n) is 12.2. The number of rotatable bonds is 5. The van der Waals surface area contributed by atoms with Crippen LogP contribution in [-0.2, 0) is 12.8 Å². The summed E-state index contributed by atoms with van der Waals surface area (Å²) in [6, 6.07) is 15.2. The van der Waals surface area contributed by atoms with E-state index in [4.69, 9.17) is 9.41 Å². The Morgan fingerprint density at radius 2 is 2.14 bits per heavy atom. The maximum atomic E-state index is 5.38. The Bertz CT molecular complexity index is 580. The van der Waals surface area contributed by atoms with E-state index in [0.717, 1.165) is 29.5 Å². The van der Waals surface area contributed by atoms with Crippen LogP contribution in [0.1, 0.15) is 18.2 Å². The quantitative estimate of drug-likeness (QED) is 0.918. The second-order valence-corrected chi connectivity index (χ2v) is 6.43. The molecule has 3 rings (SSSR count). The first-order valence-corrected chi connectivity index (χ1v) is 8.31. The minimum Gasteiger partial charge on any atom is -0.469 e. The highest BCUT2D eigenvalue weighted by Crippen LogP contribution is 2.20. The van der Waals surface area contributed by atoms with Gasteiger partial charge in [-0.1, -0.05) is 42.1 Å². The largest absolute Gasteiger partial charge is 0.469 e. The van der Waals surface area contributed by atoms with Gasteiger partial charge in [0.2, 0.25) is 0 Å². The molecular weight excluding hydrogens is 280 g/mol. The maximum Gasteiger partial charge on any atom is 0.157 e. The fourth-order valence-corrected chi connectivity index (χ4v) is 3.53. The van der Waals surface area contributed by atoms with Crippen molar-refractivity contribution in [1.82, 2.24) is 5.32 Å². The predicted octanol–water partition coefficient (Wildman–Crippen LogP) is 3.51. The standard InChI is InChI=1S/C17H20N2OS/c1-13(10-16-8-5-9-20-16)18-17-19-15(12-21-17)11-14-6-3-2-4-7-14/h2-9,13,15H,10-12H2,1H3,(H,18,19). The Labute approximate surface area is 129 Å². The summed E-state index contributed by atoms with van der Waals surface area (Å²) in [4.78, 5) is 4.79. The van der Waals surface area contributed by atoms with Gasteiger partial charge in [0.1, 0.15) is 5.76 Å². The van der Waals surface area contributed by atoms with E-state index in [1.54, 1.807) is 6.26 Å². The van der Waals surface area contributed by atoms with E-state index in [-0.39, 0.29) is 0 Å². The molecule has 1 aromatic carbocycles. The van der Waals surface area contributed by atoms with E-state index in [2.05, 4.69) is 42.6 Å². The third kappa shape index (κ3) is 4.14. The molecule has 3 nitrogen and oxygen atoms in total. The number of hydrogen-bond donors (Lipinski definition) is 1. The van der Waals surface area contributed by atoms with Crippen molar-refractivity contribution >= 4 is 16.9 Å². The molecule has 0 spiro atoms. The summed E-state index contributed by atoms with van der Waals surface area (Å²) < 4.78 is 5.38. The molecule has 2 aromatic rings. The number of thioether (sulfide) groups is 1. The van der Waals surface area contributed by atoms with Gasteiger partial charge >= 0.3 is 0 Å². The number of furan rings is 1. The van der Waals surface area contributed by atoms with Gasteiger partial charge in [-0.3, -0.25) is 4.99 Å². The van der Waals surface area contributed by atoms with Crippen LogP contribution in [0.5, 0.6) is 0 Å². The molecule has 0 amide bonds. The zero-order chi connectivity index (χ0) is 14.5. The van der Waals surface area contributed by atoms with Crippen LogP contribution < -0.4 is 5.32 Å². The van der Waals surface area contributed by atoms with Crippen molar-refractivity contribution in [3.63, 3.8) is 0 Å². The molecule has 0 bridgehead atoms. The second-order valence-electron chi connectivity index (χ2n) is 5.42. The fraction of sp³-hybridized carbons (Fsp3) is 0.353. The normalized spacial score (nSPS) is 19.3. The maximum absolute atomic E-state index is 5.38. The van der Waals surface area contributed by atoms with Crippen molar-refractivity contribution in [2.45, 2.75) is 31.8 Å². The van der Waals surface area contributed by atoms with Crippen molar-refractivity contribution in [3.05, 3.63) is 60.1 Å². The van der Waals surface area contributed by atoms with Crippen LogP contribution in [0, 0.1) is 0 Å². The van der Waals surface area contributed by atoms with Crippen molar-refractivity contribution in [1.29, 1.82) is 0 Å². The molecule has 0 saturated carbocycles. The minimum atomic E-state index is 0.331. The first kappa shape index (κ1) is 14.3. The third-order valence-electron chi connectivity index (χ3n) is 3.48. The smallest absolute Gasteiger partial charge is 0.157 e. The lowest BCUT2D eigenvalue weighted by atomic mass is 10.1. The summed E-state index contributed by atoms with van der Waals surface area (Å²) >= 11 is 1.82. The van der Waals surface area contributed by atoms with Crippen LogP contribution in [0.25, 0.3) is 0 Å². The van der Waals surface area contributed by atoms with E-state index in [1.807, 2.05) is 23.9 Å². The molecular formula is C17H20N2OS. The van der Waals surface area contributed by atoms with Gasteiger partial charge in [-0.15, -0.1) is 0 Å². The SMILES string of the molecule is CC(Cc1ccco1)NC1=NC(Cc2ccccc2)CS1. The lowest BCUT2D eigenvalue weighted by Crippen LogP contribution is -2.31. The van der Waals surface area contributed by atoms with Gasteiger partial charge in [-0.25, -0.2) is 0 Å². The first-order valence-electron chi connectivity index (χ1n) is 7.33. The average Bonchev–Trinajstić information content (AvgIpc) is 3.12. The van der Waals surface area contributed by atoms with Crippen molar-refractivity contribution in [3.8, 4) is 0 Å². The third-order valence-corrected chi connectivity index (χ3v) is 4.53. The van der Waals surface area contributed by atoms with Gasteiger partial charge in [0.05, 0.1) is 12.3 Å². The highest BCUT2D eigenvalue weighted by atomic mass is 32.2. The van der Waals surface area contributed by atoms with E-state index in [0.29, 0.717) is 12.1 Å². The Balaban J connectivity index is 1.51. The summed E-state index contributed by atoms with van der Waals surface area (Å²) in [6.45, 7) is 2.16. The number of aliphatic imine (C=N–C) groups is 1. The summed E-state index contributed by atoms with van der Waals surface area (Å²) in [7, 11) is 0. The van der Waals surface area contributed by atoms with Gasteiger partial charge in [-0.05, 0) is 31.0 Å². The number of nitrogens with one attached hydrogen (secondary N) is 1. The molecule has 1 aliphatic rings. The van der Waals surface area contributed by atoms with Gasteiger partial charge in [0.25, 0.3) is 0 Å². The summed E-state index contributed by atoms with van der Waals surface area (Å²) in [6.07, 6.45) is 3.63. The van der Waals surface area contributed by atoms with E-state index in [1.165, 1.54) is 5.56 Å². The minimum absolute atomic E-state index is 0.331. The molecule has 0 fully saturated rings. The second kappa shape index (κ2) is 6.85. The molecule has 1 N–H and O–H groups in total. The molecule has 2 heterocycles. The number of nitrogens with zero attached hydrogens (tertiary/aromatic N) is 1. The lowest BCUT2D eigenvalue weighted by molar-refractivity contribution is 0.482. The van der Waals surface area contributed by atoms with Crippen LogP contribution in [0.2, 0.25) is 0 Å². The Hall–Kier alpha value is -1.68. The van der Waals surface area contributed by atoms with Crippen LogP contribution in [-0.4, -0.2) is 23.0 Å². The van der Waals surface area contributed by atoms with Crippen molar-refractivity contribution in [2.75, 3.05) is 5.75 Å². The molecule has 0 radical (unpaired) electrons. The van der Waals surface area contributed by atoms with E-state index >= 15 is 0 Å². The number of hydrogen-bond acceptors (Lipinski definition) is 4. The molecule has 0 aliphatic carbocycles. The molecule has 4 heteroatoms. The summed E-state index contributed by atoms with van der Waals surface area (Å²) in [5, 5.41) is 4.55. The van der Waals surface area contributed by atoms with Crippen LogP contribution in [0.4, 0.5) is 0 Å². The van der Waals surface area contributed by atoms with Crippen LogP contribution in [0.15, 0.2) is 58.1 Å². The summed E-state index contributed by atoms with van der Waals surface area (Å²) in [5.41, 5.74) is 1.36. The Morgan fingerprint density at radius 1 is 1.29 bits per heavy atom.